The predicted octanol–water partition coefficient (Wildman–Crippen LogP) is 4.52. The molecule has 116 valence electrons. The zero-order valence-electron chi connectivity index (χ0n) is 13.0. The second-order valence-corrected chi connectivity index (χ2v) is 7.95. The maximum Gasteiger partial charge on any atom is 0.223 e. The molecule has 0 heterocycles. The number of carbonyl (C=O) groups excluding carboxylic acids is 1. The highest BCUT2D eigenvalue weighted by Gasteiger charge is 2.35. The molecule has 3 heteroatoms. The molecule has 2 rings (SSSR count). The van der Waals surface area contributed by atoms with Crippen LogP contribution >= 0.6 is 15.9 Å². The van der Waals surface area contributed by atoms with Crippen LogP contribution in [0, 0.1) is 23.7 Å². The molecular weight excluding hydrogens is 314 g/mol. The summed E-state index contributed by atoms with van der Waals surface area (Å²) in [4.78, 5) is 12.5. The molecule has 0 saturated heterocycles. The van der Waals surface area contributed by atoms with Crippen LogP contribution in [0.5, 0.6) is 0 Å². The molecule has 0 bridgehead atoms. The molecule has 2 fully saturated rings. The van der Waals surface area contributed by atoms with E-state index >= 15 is 0 Å². The molecule has 2 nitrogen and oxygen atoms in total. The fourth-order valence-electron chi connectivity index (χ4n) is 4.16. The first-order valence-corrected chi connectivity index (χ1v) is 9.58. The van der Waals surface area contributed by atoms with Gasteiger partial charge in [0.1, 0.15) is 0 Å². The number of hydrogen-bond donors (Lipinski definition) is 1. The van der Waals surface area contributed by atoms with E-state index in [1.165, 1.54) is 32.1 Å². The topological polar surface area (TPSA) is 29.1 Å². The number of alkyl halides is 1. The van der Waals surface area contributed by atoms with Crippen molar-refractivity contribution in [3.05, 3.63) is 0 Å². The molecule has 0 aliphatic heterocycles. The zero-order valence-corrected chi connectivity index (χ0v) is 14.6. The molecule has 20 heavy (non-hydrogen) atoms. The molecule has 4 unspecified atom stereocenters. The van der Waals surface area contributed by atoms with Crippen molar-refractivity contribution < 1.29 is 4.79 Å². The Hall–Kier alpha value is -0.0500. The second-order valence-electron chi connectivity index (χ2n) is 7.30. The largest absolute Gasteiger partial charge is 0.352 e. The lowest BCUT2D eigenvalue weighted by atomic mass is 9.67. The summed E-state index contributed by atoms with van der Waals surface area (Å²) in [5.74, 6) is 2.99. The number of fused-ring (bicyclic) bond motifs is 1. The first-order chi connectivity index (χ1) is 9.60. The molecule has 1 N–H and O–H groups in total. The van der Waals surface area contributed by atoms with Crippen molar-refractivity contribution in [2.24, 2.45) is 23.7 Å². The van der Waals surface area contributed by atoms with Gasteiger partial charge in [0.25, 0.3) is 0 Å². The van der Waals surface area contributed by atoms with Crippen molar-refractivity contribution in [3.63, 3.8) is 0 Å². The van der Waals surface area contributed by atoms with E-state index in [2.05, 4.69) is 35.1 Å². The zero-order chi connectivity index (χ0) is 14.5. The highest BCUT2D eigenvalue weighted by molar-refractivity contribution is 9.09. The molecule has 0 radical (unpaired) electrons. The van der Waals surface area contributed by atoms with Crippen LogP contribution in [0.3, 0.4) is 0 Å². The second kappa shape index (κ2) is 7.82. The molecule has 1 amide bonds. The Kier molecular flexibility index (Phi) is 6.38. The summed E-state index contributed by atoms with van der Waals surface area (Å²) >= 11 is 3.54. The highest BCUT2D eigenvalue weighted by Crippen LogP contribution is 2.42. The van der Waals surface area contributed by atoms with E-state index in [4.69, 9.17) is 0 Å². The lowest BCUT2D eigenvalue weighted by Crippen LogP contribution is -2.43. The summed E-state index contributed by atoms with van der Waals surface area (Å²) in [6.07, 6.45) is 10.2. The third kappa shape index (κ3) is 4.47. The van der Waals surface area contributed by atoms with Crippen molar-refractivity contribution in [1.82, 2.24) is 5.32 Å². The third-order valence-corrected chi connectivity index (χ3v) is 5.98. The molecule has 0 aromatic heterocycles. The summed E-state index contributed by atoms with van der Waals surface area (Å²) in [6.45, 7) is 4.43. The number of hydrogen-bond acceptors (Lipinski definition) is 1. The minimum absolute atomic E-state index is 0.281. The first-order valence-electron chi connectivity index (χ1n) is 8.46. The van der Waals surface area contributed by atoms with Crippen LogP contribution in [0.2, 0.25) is 0 Å². The Morgan fingerprint density at radius 1 is 1.15 bits per heavy atom. The van der Waals surface area contributed by atoms with Gasteiger partial charge in [0, 0.05) is 17.3 Å². The normalized spacial score (nSPS) is 31.7. The Morgan fingerprint density at radius 3 is 2.50 bits per heavy atom. The summed E-state index contributed by atoms with van der Waals surface area (Å²) in [7, 11) is 0. The van der Waals surface area contributed by atoms with Gasteiger partial charge in [0.15, 0.2) is 0 Å². The van der Waals surface area contributed by atoms with Crippen molar-refractivity contribution in [3.8, 4) is 0 Å². The Morgan fingerprint density at radius 2 is 1.85 bits per heavy atom. The standard InChI is InChI=1S/C17H30BrNO/c1-12(2)9-16(11-18)19-17(20)15-8-7-13-5-3-4-6-14(13)10-15/h12-16H,3-11H2,1-2H3,(H,19,20). The van der Waals surface area contributed by atoms with Gasteiger partial charge < -0.3 is 5.32 Å². The first kappa shape index (κ1) is 16.3. The van der Waals surface area contributed by atoms with Gasteiger partial charge in [-0.3, -0.25) is 4.79 Å². The van der Waals surface area contributed by atoms with E-state index in [9.17, 15) is 4.79 Å². The smallest absolute Gasteiger partial charge is 0.223 e. The number of nitrogens with one attached hydrogen (secondary N) is 1. The van der Waals surface area contributed by atoms with Crippen LogP contribution in [0.15, 0.2) is 0 Å². The van der Waals surface area contributed by atoms with E-state index in [0.717, 1.165) is 36.4 Å². The summed E-state index contributed by atoms with van der Waals surface area (Å²) in [5, 5.41) is 4.15. The molecule has 2 saturated carbocycles. The van der Waals surface area contributed by atoms with Gasteiger partial charge in [-0.15, -0.1) is 0 Å². The number of rotatable bonds is 5. The molecule has 0 aromatic carbocycles. The van der Waals surface area contributed by atoms with Crippen molar-refractivity contribution in [2.45, 2.75) is 71.3 Å². The number of halogens is 1. The van der Waals surface area contributed by atoms with Gasteiger partial charge in [-0.2, -0.15) is 0 Å². The van der Waals surface area contributed by atoms with E-state index in [1.54, 1.807) is 0 Å². The van der Waals surface area contributed by atoms with Crippen molar-refractivity contribution >= 4 is 21.8 Å². The van der Waals surface area contributed by atoms with E-state index in [-0.39, 0.29) is 5.92 Å². The van der Waals surface area contributed by atoms with E-state index in [1.807, 2.05) is 0 Å². The fourth-order valence-corrected chi connectivity index (χ4v) is 4.59. The Labute approximate surface area is 132 Å². The van der Waals surface area contributed by atoms with Gasteiger partial charge in [-0.05, 0) is 43.4 Å². The van der Waals surface area contributed by atoms with Crippen LogP contribution < -0.4 is 5.32 Å². The summed E-state index contributed by atoms with van der Waals surface area (Å²) in [6, 6.07) is 0.298. The van der Waals surface area contributed by atoms with Crippen molar-refractivity contribution in [1.29, 1.82) is 0 Å². The van der Waals surface area contributed by atoms with Gasteiger partial charge >= 0.3 is 0 Å². The van der Waals surface area contributed by atoms with Gasteiger partial charge in [-0.1, -0.05) is 55.5 Å². The Balaban J connectivity index is 1.83. The highest BCUT2D eigenvalue weighted by atomic mass is 79.9. The average Bonchev–Trinajstić information content (AvgIpc) is 2.45. The molecule has 2 aliphatic rings. The SMILES string of the molecule is CC(C)CC(CBr)NC(=O)C1CCC2CCCCC2C1. The molecule has 0 aromatic rings. The minimum Gasteiger partial charge on any atom is -0.352 e. The van der Waals surface area contributed by atoms with Crippen molar-refractivity contribution in [2.75, 3.05) is 5.33 Å². The molecular formula is C17H30BrNO. The maximum atomic E-state index is 12.5. The predicted molar refractivity (Wildman–Crippen MR) is 88.0 cm³/mol. The van der Waals surface area contributed by atoms with Gasteiger partial charge in [0.05, 0.1) is 0 Å². The van der Waals surface area contributed by atoms with E-state index < -0.39 is 0 Å². The third-order valence-electron chi connectivity index (χ3n) is 5.20. The number of amides is 1. The monoisotopic (exact) mass is 343 g/mol. The summed E-state index contributed by atoms with van der Waals surface area (Å²) in [5.41, 5.74) is 0. The molecule has 4 atom stereocenters. The Bertz CT molecular complexity index is 318. The van der Waals surface area contributed by atoms with Crippen LogP contribution in [0.1, 0.15) is 65.2 Å². The van der Waals surface area contributed by atoms with Crippen LogP contribution in [0.25, 0.3) is 0 Å². The lowest BCUT2D eigenvalue weighted by molar-refractivity contribution is -0.127. The quantitative estimate of drug-likeness (QED) is 0.730. The van der Waals surface area contributed by atoms with E-state index in [0.29, 0.717) is 17.9 Å². The fraction of sp³-hybridized carbons (Fsp3) is 0.941. The molecule has 0 spiro atoms. The van der Waals surface area contributed by atoms with Crippen LogP contribution in [0.4, 0.5) is 0 Å². The van der Waals surface area contributed by atoms with Gasteiger partial charge in [0.2, 0.25) is 5.91 Å². The average molecular weight is 344 g/mol. The number of carbonyl (C=O) groups is 1. The maximum absolute atomic E-state index is 12.5. The summed E-state index contributed by atoms with van der Waals surface area (Å²) < 4.78 is 0. The van der Waals surface area contributed by atoms with Gasteiger partial charge in [-0.25, -0.2) is 0 Å². The van der Waals surface area contributed by atoms with Crippen LogP contribution in [-0.4, -0.2) is 17.3 Å². The lowest BCUT2D eigenvalue weighted by Gasteiger charge is -2.39. The minimum atomic E-state index is 0.281. The molecule has 2 aliphatic carbocycles. The van der Waals surface area contributed by atoms with Crippen LogP contribution in [-0.2, 0) is 4.79 Å².